The quantitative estimate of drug-likeness (QED) is 0.825. The number of nitrogens with one attached hydrogen (secondary N) is 1. The van der Waals surface area contributed by atoms with Gasteiger partial charge in [0.05, 0.1) is 10.6 Å². The van der Waals surface area contributed by atoms with Crippen LogP contribution in [0.1, 0.15) is 16.7 Å². The Bertz CT molecular complexity index is 627. The molecule has 0 radical (unpaired) electrons. The van der Waals surface area contributed by atoms with Crippen molar-refractivity contribution >= 4 is 17.6 Å². The monoisotopic (exact) mass is 312 g/mol. The molecule has 2 rings (SSSR count). The number of thioether (sulfide) groups is 1. The summed E-state index contributed by atoms with van der Waals surface area (Å²) < 4.78 is 38.5. The lowest BCUT2D eigenvalue weighted by atomic mass is 10.2. The smallest absolute Gasteiger partial charge is 0.373 e. The Morgan fingerprint density at radius 1 is 1.19 bits per heavy atom. The molecule has 1 heterocycles. The van der Waals surface area contributed by atoms with Crippen molar-refractivity contribution in [2.24, 2.45) is 0 Å². The fourth-order valence-electron chi connectivity index (χ4n) is 1.83. The highest BCUT2D eigenvalue weighted by atomic mass is 32.2. The van der Waals surface area contributed by atoms with Gasteiger partial charge in [0.25, 0.3) is 0 Å². The topological polar surface area (TPSA) is 24.9 Å². The van der Waals surface area contributed by atoms with Gasteiger partial charge >= 0.3 is 6.18 Å². The normalized spacial score (nSPS) is 11.5. The first-order valence-electron chi connectivity index (χ1n) is 6.34. The molecule has 1 N–H and O–H groups in total. The molecular weight excluding hydrogens is 297 g/mol. The summed E-state index contributed by atoms with van der Waals surface area (Å²) in [7, 11) is 1.55. The highest BCUT2D eigenvalue weighted by Crippen LogP contribution is 2.33. The predicted octanol–water partition coefficient (Wildman–Crippen LogP) is 4.74. The maximum atomic E-state index is 12.8. The maximum absolute atomic E-state index is 12.8. The minimum Gasteiger partial charge on any atom is -0.373 e. The summed E-state index contributed by atoms with van der Waals surface area (Å²) in [5.74, 6) is 0.802. The Morgan fingerprint density at radius 2 is 1.95 bits per heavy atom. The summed E-state index contributed by atoms with van der Waals surface area (Å²) in [6.07, 6.45) is -4.37. The number of anilines is 1. The van der Waals surface area contributed by atoms with Crippen molar-refractivity contribution in [3.8, 4) is 0 Å². The van der Waals surface area contributed by atoms with E-state index in [1.54, 1.807) is 7.05 Å². The molecule has 0 unspecified atom stereocenters. The van der Waals surface area contributed by atoms with E-state index < -0.39 is 11.7 Å². The second kappa shape index (κ2) is 6.39. The summed E-state index contributed by atoms with van der Waals surface area (Å²) in [5.41, 5.74) is 1.50. The molecule has 1 aromatic heterocycles. The van der Waals surface area contributed by atoms with Crippen LogP contribution in [0.4, 0.5) is 19.0 Å². The van der Waals surface area contributed by atoms with Gasteiger partial charge in [-0.2, -0.15) is 13.2 Å². The van der Waals surface area contributed by atoms with E-state index >= 15 is 0 Å². The second-order valence-corrected chi connectivity index (χ2v) is 5.60. The molecule has 2 nitrogen and oxygen atoms in total. The molecule has 0 spiro atoms. The molecule has 6 heteroatoms. The maximum Gasteiger partial charge on any atom is 0.416 e. The molecule has 112 valence electrons. The number of alkyl halides is 3. The van der Waals surface area contributed by atoms with Gasteiger partial charge in [-0.15, -0.1) is 11.8 Å². The van der Waals surface area contributed by atoms with Gasteiger partial charge in [0.15, 0.2) is 0 Å². The van der Waals surface area contributed by atoms with Crippen molar-refractivity contribution in [2.45, 2.75) is 23.9 Å². The Labute approximate surface area is 125 Å². The molecule has 0 aliphatic carbocycles. The summed E-state index contributed by atoms with van der Waals surface area (Å²) in [6, 6.07) is 9.98. The van der Waals surface area contributed by atoms with Gasteiger partial charge in [-0.1, -0.05) is 29.8 Å². The third kappa shape index (κ3) is 4.39. The zero-order chi connectivity index (χ0) is 15.5. The van der Waals surface area contributed by atoms with Crippen LogP contribution in [0, 0.1) is 6.92 Å². The molecular formula is C15H15F3N2S. The van der Waals surface area contributed by atoms with Crippen molar-refractivity contribution in [2.75, 3.05) is 12.4 Å². The van der Waals surface area contributed by atoms with E-state index in [2.05, 4.69) is 10.3 Å². The van der Waals surface area contributed by atoms with Gasteiger partial charge in [0.1, 0.15) is 5.82 Å². The number of nitrogens with zero attached hydrogens (tertiary/aromatic N) is 1. The van der Waals surface area contributed by atoms with E-state index in [1.165, 1.54) is 11.8 Å². The molecule has 21 heavy (non-hydrogen) atoms. The fraction of sp³-hybridized carbons (Fsp3) is 0.267. The van der Waals surface area contributed by atoms with Crippen LogP contribution in [0.3, 0.4) is 0 Å². The van der Waals surface area contributed by atoms with E-state index in [-0.39, 0.29) is 5.82 Å². The van der Waals surface area contributed by atoms with Gasteiger partial charge < -0.3 is 5.32 Å². The molecule has 0 saturated carbocycles. The zero-order valence-corrected chi connectivity index (χ0v) is 12.5. The lowest BCUT2D eigenvalue weighted by Crippen LogP contribution is -2.07. The lowest BCUT2D eigenvalue weighted by Gasteiger charge is -2.11. The summed E-state index contributed by atoms with van der Waals surface area (Å²) >= 11 is 1.29. The number of hydrogen-bond acceptors (Lipinski definition) is 3. The van der Waals surface area contributed by atoms with E-state index in [1.807, 2.05) is 31.2 Å². The van der Waals surface area contributed by atoms with E-state index in [4.69, 9.17) is 0 Å². The molecule has 0 aliphatic heterocycles. The van der Waals surface area contributed by atoms with Gasteiger partial charge in [0, 0.05) is 12.8 Å². The van der Waals surface area contributed by atoms with Crippen molar-refractivity contribution < 1.29 is 13.2 Å². The number of hydrogen-bond donors (Lipinski definition) is 1. The number of rotatable bonds is 4. The Balaban J connectivity index is 2.19. The summed E-state index contributed by atoms with van der Waals surface area (Å²) in [4.78, 5) is 4.15. The van der Waals surface area contributed by atoms with Crippen LogP contribution >= 0.6 is 11.8 Å². The van der Waals surface area contributed by atoms with Crippen LogP contribution in [0.2, 0.25) is 0 Å². The first-order chi connectivity index (χ1) is 9.88. The molecule has 0 saturated heterocycles. The van der Waals surface area contributed by atoms with Gasteiger partial charge in [0.2, 0.25) is 0 Å². The average Bonchev–Trinajstić information content (AvgIpc) is 2.44. The highest BCUT2D eigenvalue weighted by molar-refractivity contribution is 7.98. The number of benzene rings is 1. The molecule has 0 bridgehead atoms. The molecule has 0 aliphatic rings. The van der Waals surface area contributed by atoms with Gasteiger partial charge in [-0.3, -0.25) is 0 Å². The summed E-state index contributed by atoms with van der Waals surface area (Å²) in [6.45, 7) is 1.98. The third-order valence-corrected chi connectivity index (χ3v) is 3.84. The van der Waals surface area contributed by atoms with Crippen LogP contribution in [-0.2, 0) is 11.9 Å². The summed E-state index contributed by atoms with van der Waals surface area (Å²) in [5, 5.41) is 3.02. The van der Waals surface area contributed by atoms with Crippen molar-refractivity contribution in [3.63, 3.8) is 0 Å². The SMILES string of the molecule is CNc1cc(C(F)(F)F)cc(SCc2cccc(C)c2)n1. The molecule has 1 aromatic carbocycles. The van der Waals surface area contributed by atoms with Crippen LogP contribution in [0.25, 0.3) is 0 Å². The minimum atomic E-state index is -4.37. The largest absolute Gasteiger partial charge is 0.416 e. The number of halogens is 3. The van der Waals surface area contributed by atoms with Crippen LogP contribution in [-0.4, -0.2) is 12.0 Å². The van der Waals surface area contributed by atoms with Gasteiger partial charge in [-0.05, 0) is 24.6 Å². The Hall–Kier alpha value is -1.69. The van der Waals surface area contributed by atoms with Crippen molar-refractivity contribution in [1.82, 2.24) is 4.98 Å². The first-order valence-corrected chi connectivity index (χ1v) is 7.32. The number of aryl methyl sites for hydroxylation is 1. The van der Waals surface area contributed by atoms with Crippen LogP contribution in [0.15, 0.2) is 41.4 Å². The number of pyridine rings is 1. The lowest BCUT2D eigenvalue weighted by molar-refractivity contribution is -0.137. The van der Waals surface area contributed by atoms with E-state index in [9.17, 15) is 13.2 Å². The van der Waals surface area contributed by atoms with Crippen LogP contribution in [0.5, 0.6) is 0 Å². The van der Waals surface area contributed by atoms with Crippen molar-refractivity contribution in [1.29, 1.82) is 0 Å². The van der Waals surface area contributed by atoms with Crippen molar-refractivity contribution in [3.05, 3.63) is 53.1 Å². The average molecular weight is 312 g/mol. The second-order valence-electron chi connectivity index (χ2n) is 4.60. The molecule has 0 amide bonds. The standard InChI is InChI=1S/C15H15F3N2S/c1-10-4-3-5-11(6-10)9-21-14-8-12(15(16,17)18)7-13(19-2)20-14/h3-8H,9H2,1-2H3,(H,19,20). The molecule has 0 atom stereocenters. The van der Waals surface area contributed by atoms with E-state index in [0.717, 1.165) is 23.3 Å². The van der Waals surface area contributed by atoms with Gasteiger partial charge in [-0.25, -0.2) is 4.98 Å². The predicted molar refractivity (Wildman–Crippen MR) is 79.5 cm³/mol. The third-order valence-electron chi connectivity index (χ3n) is 2.85. The molecule has 2 aromatic rings. The minimum absolute atomic E-state index is 0.219. The van der Waals surface area contributed by atoms with E-state index in [0.29, 0.717) is 10.8 Å². The zero-order valence-electron chi connectivity index (χ0n) is 11.7. The molecule has 0 fully saturated rings. The van der Waals surface area contributed by atoms with Crippen LogP contribution < -0.4 is 5.32 Å². The highest BCUT2D eigenvalue weighted by Gasteiger charge is 2.31. The number of aromatic nitrogens is 1. The first kappa shape index (κ1) is 15.7. The Kier molecular flexibility index (Phi) is 4.77. The Morgan fingerprint density at radius 3 is 2.57 bits per heavy atom. The fourth-order valence-corrected chi connectivity index (χ4v) is 2.70.